The van der Waals surface area contributed by atoms with Crippen molar-refractivity contribution in [1.82, 2.24) is 10.2 Å². The second kappa shape index (κ2) is 5.24. The number of hydrogen-bond acceptors (Lipinski definition) is 4. The smallest absolute Gasteiger partial charge is 0.326 e. The van der Waals surface area contributed by atoms with E-state index in [4.69, 9.17) is 4.74 Å². The first-order valence-corrected chi connectivity index (χ1v) is 6.49. The highest BCUT2D eigenvalue weighted by atomic mass is 16.5. The van der Waals surface area contributed by atoms with E-state index in [2.05, 4.69) is 5.32 Å². The summed E-state index contributed by atoms with van der Waals surface area (Å²) < 4.78 is 5.89. The predicted molar refractivity (Wildman–Crippen MR) is 63.7 cm³/mol. The molecule has 6 heteroatoms. The van der Waals surface area contributed by atoms with Crippen molar-refractivity contribution in [3.8, 4) is 0 Å². The Morgan fingerprint density at radius 1 is 1.56 bits per heavy atom. The second-order valence-electron chi connectivity index (χ2n) is 5.00. The molecular weight excluding hydrogens is 236 g/mol. The van der Waals surface area contributed by atoms with Crippen molar-refractivity contribution in [1.29, 1.82) is 0 Å². The molecule has 2 aliphatic rings. The Kier molecular flexibility index (Phi) is 3.87. The molecule has 102 valence electrons. The third-order valence-corrected chi connectivity index (χ3v) is 3.66. The summed E-state index contributed by atoms with van der Waals surface area (Å²) in [5, 5.41) is 11.8. The van der Waals surface area contributed by atoms with E-state index < -0.39 is 5.60 Å². The summed E-state index contributed by atoms with van der Waals surface area (Å²) in [7, 11) is 0. The molecule has 2 heterocycles. The zero-order valence-corrected chi connectivity index (χ0v) is 10.6. The van der Waals surface area contributed by atoms with Crippen LogP contribution in [0.25, 0.3) is 0 Å². The number of hydrogen-bond donors (Lipinski definition) is 2. The number of nitrogens with one attached hydrogen (secondary N) is 1. The predicted octanol–water partition coefficient (Wildman–Crippen LogP) is 0.596. The summed E-state index contributed by atoms with van der Waals surface area (Å²) in [5.74, 6) is -0.240. The molecule has 18 heavy (non-hydrogen) atoms. The molecule has 2 N–H and O–H groups in total. The molecule has 0 aliphatic carbocycles. The van der Waals surface area contributed by atoms with Crippen LogP contribution >= 0.6 is 0 Å². The van der Waals surface area contributed by atoms with Crippen molar-refractivity contribution in [2.75, 3.05) is 13.2 Å². The molecule has 0 spiro atoms. The van der Waals surface area contributed by atoms with Gasteiger partial charge in [0.2, 0.25) is 5.91 Å². The number of ether oxygens (including phenoxy) is 1. The SMILES string of the molecule is CCC[C@@]1(CO)CCC(N2CCC(=O)NC2=O)O1. The van der Waals surface area contributed by atoms with Gasteiger partial charge in [0, 0.05) is 13.0 Å². The number of imide groups is 1. The first-order chi connectivity index (χ1) is 8.60. The van der Waals surface area contributed by atoms with Crippen molar-refractivity contribution in [2.45, 2.75) is 50.9 Å². The number of aliphatic hydroxyl groups excluding tert-OH is 1. The van der Waals surface area contributed by atoms with Crippen LogP contribution in [-0.2, 0) is 9.53 Å². The minimum atomic E-state index is -0.513. The lowest BCUT2D eigenvalue weighted by Gasteiger charge is -2.34. The van der Waals surface area contributed by atoms with Gasteiger partial charge in [-0.3, -0.25) is 15.0 Å². The van der Waals surface area contributed by atoms with Gasteiger partial charge in [-0.2, -0.15) is 0 Å². The zero-order chi connectivity index (χ0) is 13.2. The number of aliphatic hydroxyl groups is 1. The molecule has 0 bridgehead atoms. The van der Waals surface area contributed by atoms with Crippen LogP contribution in [0.15, 0.2) is 0 Å². The van der Waals surface area contributed by atoms with Gasteiger partial charge in [-0.1, -0.05) is 13.3 Å². The van der Waals surface area contributed by atoms with E-state index in [1.54, 1.807) is 4.90 Å². The molecule has 0 saturated carbocycles. The quantitative estimate of drug-likeness (QED) is 0.772. The maximum atomic E-state index is 11.7. The van der Waals surface area contributed by atoms with Crippen LogP contribution in [0.2, 0.25) is 0 Å². The summed E-state index contributed by atoms with van der Waals surface area (Å²) in [5.41, 5.74) is -0.513. The van der Waals surface area contributed by atoms with Crippen LogP contribution in [0.3, 0.4) is 0 Å². The number of rotatable bonds is 4. The number of carbonyl (C=O) groups excluding carboxylic acids is 2. The molecule has 6 nitrogen and oxygen atoms in total. The average molecular weight is 256 g/mol. The average Bonchev–Trinajstić information content (AvgIpc) is 2.74. The lowest BCUT2D eigenvalue weighted by molar-refractivity contribution is -0.130. The van der Waals surface area contributed by atoms with E-state index in [1.165, 1.54) is 0 Å². The Balaban J connectivity index is 1.99. The Morgan fingerprint density at radius 2 is 2.33 bits per heavy atom. The fourth-order valence-corrected chi connectivity index (χ4v) is 2.70. The van der Waals surface area contributed by atoms with Gasteiger partial charge < -0.3 is 9.84 Å². The van der Waals surface area contributed by atoms with Gasteiger partial charge in [-0.25, -0.2) is 4.79 Å². The van der Waals surface area contributed by atoms with Crippen molar-refractivity contribution < 1.29 is 19.4 Å². The first kappa shape index (κ1) is 13.3. The van der Waals surface area contributed by atoms with Crippen molar-refractivity contribution in [3.05, 3.63) is 0 Å². The second-order valence-corrected chi connectivity index (χ2v) is 5.00. The van der Waals surface area contributed by atoms with Gasteiger partial charge in [-0.05, 0) is 19.3 Å². The van der Waals surface area contributed by atoms with Crippen LogP contribution in [-0.4, -0.2) is 46.9 Å². The van der Waals surface area contributed by atoms with Crippen molar-refractivity contribution in [3.63, 3.8) is 0 Å². The van der Waals surface area contributed by atoms with Crippen molar-refractivity contribution in [2.24, 2.45) is 0 Å². The van der Waals surface area contributed by atoms with Gasteiger partial charge in [-0.15, -0.1) is 0 Å². The summed E-state index contributed by atoms with van der Waals surface area (Å²) in [6.07, 6.45) is 3.16. The minimum absolute atomic E-state index is 0.0221. The largest absolute Gasteiger partial charge is 0.393 e. The van der Waals surface area contributed by atoms with E-state index in [1.807, 2.05) is 6.92 Å². The maximum Gasteiger partial charge on any atom is 0.326 e. The van der Waals surface area contributed by atoms with Gasteiger partial charge in [0.05, 0.1) is 12.2 Å². The van der Waals surface area contributed by atoms with Crippen molar-refractivity contribution >= 4 is 11.9 Å². The van der Waals surface area contributed by atoms with E-state index in [-0.39, 0.29) is 24.8 Å². The Bertz CT molecular complexity index is 347. The van der Waals surface area contributed by atoms with Crippen LogP contribution in [0.4, 0.5) is 4.79 Å². The van der Waals surface area contributed by atoms with Gasteiger partial charge in [0.15, 0.2) is 0 Å². The van der Waals surface area contributed by atoms with Gasteiger partial charge >= 0.3 is 6.03 Å². The van der Waals surface area contributed by atoms with Gasteiger partial charge in [0.1, 0.15) is 6.23 Å². The molecular formula is C12H20N2O4. The molecule has 3 amide bonds. The molecule has 0 aromatic carbocycles. The fraction of sp³-hybridized carbons (Fsp3) is 0.833. The van der Waals surface area contributed by atoms with E-state index >= 15 is 0 Å². The number of urea groups is 1. The van der Waals surface area contributed by atoms with Crippen LogP contribution in [0, 0.1) is 0 Å². The number of carbonyl (C=O) groups is 2. The molecule has 2 saturated heterocycles. The standard InChI is InChI=1S/C12H20N2O4/c1-2-5-12(8-15)6-3-10(18-12)14-7-4-9(16)13-11(14)17/h10,15H,2-8H2,1H3,(H,13,16,17)/t10?,12-/m0/s1. The van der Waals surface area contributed by atoms with Crippen LogP contribution in [0.1, 0.15) is 39.0 Å². The third kappa shape index (κ3) is 2.49. The number of amides is 3. The lowest BCUT2D eigenvalue weighted by Crippen LogP contribution is -2.54. The van der Waals surface area contributed by atoms with E-state index in [0.29, 0.717) is 19.4 Å². The molecule has 2 rings (SSSR count). The molecule has 2 fully saturated rings. The van der Waals surface area contributed by atoms with Crippen LogP contribution < -0.4 is 5.32 Å². The summed E-state index contributed by atoms with van der Waals surface area (Å²) >= 11 is 0. The topological polar surface area (TPSA) is 78.9 Å². The minimum Gasteiger partial charge on any atom is -0.393 e. The molecule has 2 aliphatic heterocycles. The Labute approximate surface area is 106 Å². The third-order valence-electron chi connectivity index (χ3n) is 3.66. The Hall–Kier alpha value is -1.14. The molecule has 0 aromatic heterocycles. The fourth-order valence-electron chi connectivity index (χ4n) is 2.70. The summed E-state index contributed by atoms with van der Waals surface area (Å²) in [4.78, 5) is 24.3. The summed E-state index contributed by atoms with van der Waals surface area (Å²) in [6.45, 7) is 2.41. The zero-order valence-electron chi connectivity index (χ0n) is 10.6. The highest BCUT2D eigenvalue weighted by Gasteiger charge is 2.43. The van der Waals surface area contributed by atoms with Crippen LogP contribution in [0.5, 0.6) is 0 Å². The highest BCUT2D eigenvalue weighted by Crippen LogP contribution is 2.35. The normalized spacial score (nSPS) is 32.8. The first-order valence-electron chi connectivity index (χ1n) is 6.49. The van der Waals surface area contributed by atoms with E-state index in [9.17, 15) is 14.7 Å². The molecule has 1 unspecified atom stereocenters. The van der Waals surface area contributed by atoms with E-state index in [0.717, 1.165) is 19.3 Å². The monoisotopic (exact) mass is 256 g/mol. The number of nitrogens with zero attached hydrogens (tertiary/aromatic N) is 1. The molecule has 2 atom stereocenters. The summed E-state index contributed by atoms with van der Waals surface area (Å²) in [6, 6.07) is -0.388. The van der Waals surface area contributed by atoms with Gasteiger partial charge in [0.25, 0.3) is 0 Å². The molecule has 0 radical (unpaired) electrons. The lowest BCUT2D eigenvalue weighted by atomic mass is 9.95. The molecule has 0 aromatic rings. The maximum absolute atomic E-state index is 11.7. The Morgan fingerprint density at radius 3 is 2.94 bits per heavy atom. The highest BCUT2D eigenvalue weighted by molar-refractivity contribution is 5.96.